The zero-order valence-electron chi connectivity index (χ0n) is 15.8. The predicted molar refractivity (Wildman–Crippen MR) is 108 cm³/mol. The molecule has 0 amide bonds. The third kappa shape index (κ3) is 3.75. The molecule has 4 rings (SSSR count). The van der Waals surface area contributed by atoms with Gasteiger partial charge in [-0.05, 0) is 37.6 Å². The lowest BCUT2D eigenvalue weighted by atomic mass is 10.1. The first-order valence-electron chi connectivity index (χ1n) is 9.21. The fourth-order valence-electron chi connectivity index (χ4n) is 3.10. The maximum atomic E-state index is 12.6. The van der Waals surface area contributed by atoms with E-state index in [1.54, 1.807) is 18.2 Å². The monoisotopic (exact) mass is 395 g/mol. The molecule has 3 aromatic rings. The van der Waals surface area contributed by atoms with Crippen LogP contribution in [0.25, 0.3) is 11.4 Å². The first kappa shape index (κ1) is 18.6. The molecule has 0 saturated heterocycles. The molecule has 0 unspecified atom stereocenters. The lowest BCUT2D eigenvalue weighted by Crippen LogP contribution is -2.06. The molecule has 6 nitrogen and oxygen atoms in total. The number of benzene rings is 2. The molecule has 0 fully saturated rings. The first-order valence-corrected chi connectivity index (χ1v) is 10.2. The van der Waals surface area contributed by atoms with E-state index in [4.69, 9.17) is 9.47 Å². The van der Waals surface area contributed by atoms with E-state index in [-0.39, 0.29) is 18.3 Å². The highest BCUT2D eigenvalue weighted by atomic mass is 32.2. The summed E-state index contributed by atoms with van der Waals surface area (Å²) in [4.78, 5) is 12.6. The normalized spacial score (nSPS) is 12.4. The van der Waals surface area contributed by atoms with Crippen molar-refractivity contribution in [2.45, 2.75) is 32.0 Å². The number of fused-ring (bicyclic) bond motifs is 1. The fraction of sp³-hybridized carbons (Fsp3) is 0.286. The van der Waals surface area contributed by atoms with Gasteiger partial charge in [0.2, 0.25) is 6.79 Å². The number of aromatic nitrogens is 3. The van der Waals surface area contributed by atoms with Gasteiger partial charge in [0.05, 0.1) is 5.75 Å². The number of Topliss-reactive ketones (excluding diaryl/α,β-unsaturated/α-hetero) is 1. The van der Waals surface area contributed by atoms with Crippen molar-refractivity contribution >= 4 is 17.5 Å². The Labute approximate surface area is 167 Å². The van der Waals surface area contributed by atoms with Crippen LogP contribution in [-0.4, -0.2) is 33.1 Å². The van der Waals surface area contributed by atoms with Crippen molar-refractivity contribution in [3.05, 3.63) is 53.6 Å². The molecule has 0 atom stereocenters. The number of hydrogen-bond acceptors (Lipinski definition) is 6. The topological polar surface area (TPSA) is 66.2 Å². The van der Waals surface area contributed by atoms with Crippen LogP contribution in [0.3, 0.4) is 0 Å². The van der Waals surface area contributed by atoms with Crippen LogP contribution >= 0.6 is 11.8 Å². The number of rotatable bonds is 7. The second-order valence-electron chi connectivity index (χ2n) is 6.61. The summed E-state index contributed by atoms with van der Waals surface area (Å²) in [5.74, 6) is 2.44. The van der Waals surface area contributed by atoms with Gasteiger partial charge in [0.1, 0.15) is 0 Å². The Hall–Kier alpha value is -2.80. The Kier molecular flexibility index (Phi) is 5.34. The van der Waals surface area contributed by atoms with E-state index >= 15 is 0 Å². The highest BCUT2D eigenvalue weighted by Gasteiger charge is 2.18. The number of ketones is 1. The molecule has 1 aliphatic rings. The van der Waals surface area contributed by atoms with Crippen LogP contribution in [0.2, 0.25) is 0 Å². The van der Waals surface area contributed by atoms with Gasteiger partial charge in [0.15, 0.2) is 28.3 Å². The Balaban J connectivity index is 1.52. The summed E-state index contributed by atoms with van der Waals surface area (Å²) in [5, 5.41) is 9.49. The van der Waals surface area contributed by atoms with Gasteiger partial charge in [-0.2, -0.15) is 0 Å². The van der Waals surface area contributed by atoms with Gasteiger partial charge in [-0.1, -0.05) is 42.4 Å². The standard InChI is InChI=1S/C21H21N3O3S/c1-3-9-24-20(16-6-4-5-14(2)10-16)22-23-21(24)28-12-17(25)15-7-8-18-19(11-15)27-13-26-18/h4-8,10-11H,3,9,12-13H2,1-2H3. The van der Waals surface area contributed by atoms with E-state index in [9.17, 15) is 4.79 Å². The van der Waals surface area contributed by atoms with E-state index in [1.807, 2.05) is 12.1 Å². The highest BCUT2D eigenvalue weighted by molar-refractivity contribution is 7.99. The van der Waals surface area contributed by atoms with E-state index < -0.39 is 0 Å². The average molecular weight is 395 g/mol. The Morgan fingerprint density at radius 1 is 1.14 bits per heavy atom. The summed E-state index contributed by atoms with van der Waals surface area (Å²) in [5.41, 5.74) is 2.82. The number of hydrogen-bond donors (Lipinski definition) is 0. The summed E-state index contributed by atoms with van der Waals surface area (Å²) < 4.78 is 12.7. The molecule has 0 N–H and O–H groups in total. The van der Waals surface area contributed by atoms with Crippen LogP contribution in [-0.2, 0) is 6.54 Å². The Morgan fingerprint density at radius 2 is 2.00 bits per heavy atom. The van der Waals surface area contributed by atoms with Crippen LogP contribution in [0.5, 0.6) is 11.5 Å². The third-order valence-corrected chi connectivity index (χ3v) is 5.43. The maximum Gasteiger partial charge on any atom is 0.231 e. The average Bonchev–Trinajstić information content (AvgIpc) is 3.32. The van der Waals surface area contributed by atoms with Crippen LogP contribution in [0.15, 0.2) is 47.6 Å². The third-order valence-electron chi connectivity index (χ3n) is 4.47. The molecule has 1 aromatic heterocycles. The quantitative estimate of drug-likeness (QED) is 0.437. The number of carbonyl (C=O) groups excluding carboxylic acids is 1. The van der Waals surface area contributed by atoms with Gasteiger partial charge in [0, 0.05) is 17.7 Å². The lowest BCUT2D eigenvalue weighted by molar-refractivity contribution is 0.102. The van der Waals surface area contributed by atoms with Gasteiger partial charge in [-0.25, -0.2) is 0 Å². The van der Waals surface area contributed by atoms with Gasteiger partial charge in [-0.3, -0.25) is 4.79 Å². The van der Waals surface area contributed by atoms with Gasteiger partial charge in [0.25, 0.3) is 0 Å². The summed E-state index contributed by atoms with van der Waals surface area (Å²) in [7, 11) is 0. The number of nitrogens with zero attached hydrogens (tertiary/aromatic N) is 3. The van der Waals surface area contributed by atoms with Gasteiger partial charge in [-0.15, -0.1) is 10.2 Å². The van der Waals surface area contributed by atoms with E-state index in [2.05, 4.69) is 40.7 Å². The van der Waals surface area contributed by atoms with Crippen molar-refractivity contribution in [1.82, 2.24) is 14.8 Å². The molecule has 2 aromatic carbocycles. The molecule has 0 aliphatic carbocycles. The minimum absolute atomic E-state index is 0.0199. The van der Waals surface area contributed by atoms with Gasteiger partial charge < -0.3 is 14.0 Å². The van der Waals surface area contributed by atoms with Crippen molar-refractivity contribution in [1.29, 1.82) is 0 Å². The molecule has 144 valence electrons. The first-order chi connectivity index (χ1) is 13.7. The Bertz CT molecular complexity index is 1020. The predicted octanol–water partition coefficient (Wildman–Crippen LogP) is 4.37. The highest BCUT2D eigenvalue weighted by Crippen LogP contribution is 2.33. The zero-order valence-corrected chi connectivity index (χ0v) is 16.7. The molecule has 0 radical (unpaired) electrons. The van der Waals surface area contributed by atoms with Crippen molar-refractivity contribution < 1.29 is 14.3 Å². The molecule has 1 aliphatic heterocycles. The minimum Gasteiger partial charge on any atom is -0.454 e. The summed E-state index contributed by atoms with van der Waals surface area (Å²) in [6.07, 6.45) is 0.959. The van der Waals surface area contributed by atoms with E-state index in [1.165, 1.54) is 17.3 Å². The van der Waals surface area contributed by atoms with Crippen LogP contribution in [0, 0.1) is 6.92 Å². The number of ether oxygens (including phenoxy) is 2. The van der Waals surface area contributed by atoms with Crippen LogP contribution in [0.1, 0.15) is 29.3 Å². The largest absolute Gasteiger partial charge is 0.454 e. The molecule has 2 heterocycles. The van der Waals surface area contributed by atoms with Crippen molar-refractivity contribution in [2.24, 2.45) is 0 Å². The number of aryl methyl sites for hydroxylation is 1. The van der Waals surface area contributed by atoms with Crippen molar-refractivity contribution in [3.63, 3.8) is 0 Å². The number of carbonyl (C=O) groups is 1. The zero-order chi connectivity index (χ0) is 19.5. The van der Waals surface area contributed by atoms with E-state index in [0.717, 1.165) is 29.5 Å². The lowest BCUT2D eigenvalue weighted by Gasteiger charge is -2.09. The molecule has 0 spiro atoms. The molecule has 0 saturated carbocycles. The molecular formula is C21H21N3O3S. The Morgan fingerprint density at radius 3 is 2.82 bits per heavy atom. The molecule has 0 bridgehead atoms. The summed E-state index contributed by atoms with van der Waals surface area (Å²) in [6.45, 7) is 5.18. The van der Waals surface area contributed by atoms with Crippen LogP contribution < -0.4 is 9.47 Å². The summed E-state index contributed by atoms with van der Waals surface area (Å²) >= 11 is 1.41. The second-order valence-corrected chi connectivity index (χ2v) is 7.55. The minimum atomic E-state index is 0.0199. The molecule has 7 heteroatoms. The smallest absolute Gasteiger partial charge is 0.231 e. The second kappa shape index (κ2) is 8.06. The van der Waals surface area contributed by atoms with Gasteiger partial charge >= 0.3 is 0 Å². The van der Waals surface area contributed by atoms with Crippen LogP contribution in [0.4, 0.5) is 0 Å². The SMILES string of the molecule is CCCn1c(SCC(=O)c2ccc3c(c2)OCO3)nnc1-c1cccc(C)c1. The van der Waals surface area contributed by atoms with Crippen molar-refractivity contribution in [3.8, 4) is 22.9 Å². The summed E-state index contributed by atoms with van der Waals surface area (Å²) in [6, 6.07) is 13.5. The fourth-order valence-corrected chi connectivity index (χ4v) is 3.96. The van der Waals surface area contributed by atoms with E-state index in [0.29, 0.717) is 17.1 Å². The maximum absolute atomic E-state index is 12.6. The van der Waals surface area contributed by atoms with Crippen molar-refractivity contribution in [2.75, 3.05) is 12.5 Å². The molecule has 28 heavy (non-hydrogen) atoms. The molecular weight excluding hydrogens is 374 g/mol. The number of thioether (sulfide) groups is 1.